The third kappa shape index (κ3) is 3.89. The zero-order valence-corrected chi connectivity index (χ0v) is 15.2. The number of nitrogens with two attached hydrogens (primary N) is 1. The standard InChI is InChI=1S/C18H23N5O3/c1-18(2,3)26-17(25)23-9-7-11(8-10-23)16-20-14-12(15(19)24)5-4-6-13(14)21-22-16/h4-6,11H,7-10H2,1-3H3,(H2,19,24). The number of carbonyl (C=O) groups excluding carboxylic acids is 2. The van der Waals surface area contributed by atoms with E-state index in [0.29, 0.717) is 48.4 Å². The van der Waals surface area contributed by atoms with Gasteiger partial charge in [0.25, 0.3) is 5.91 Å². The van der Waals surface area contributed by atoms with E-state index in [4.69, 9.17) is 10.5 Å². The number of benzene rings is 1. The highest BCUT2D eigenvalue weighted by atomic mass is 16.6. The lowest BCUT2D eigenvalue weighted by Gasteiger charge is -2.32. The molecule has 0 bridgehead atoms. The van der Waals surface area contributed by atoms with Crippen LogP contribution in [-0.4, -0.2) is 50.8 Å². The monoisotopic (exact) mass is 357 g/mol. The second-order valence-corrected chi connectivity index (χ2v) is 7.45. The quantitative estimate of drug-likeness (QED) is 0.882. The van der Waals surface area contributed by atoms with E-state index < -0.39 is 11.5 Å². The number of likely N-dealkylation sites (tertiary alicyclic amines) is 1. The number of ether oxygens (including phenoxy) is 1. The van der Waals surface area contributed by atoms with Gasteiger partial charge in [-0.25, -0.2) is 9.78 Å². The van der Waals surface area contributed by atoms with E-state index in [9.17, 15) is 9.59 Å². The molecule has 0 atom stereocenters. The molecule has 1 aliphatic rings. The van der Waals surface area contributed by atoms with Crippen molar-refractivity contribution >= 4 is 23.0 Å². The second-order valence-electron chi connectivity index (χ2n) is 7.45. The van der Waals surface area contributed by atoms with Gasteiger partial charge in [0, 0.05) is 19.0 Å². The third-order valence-electron chi connectivity index (χ3n) is 4.28. The summed E-state index contributed by atoms with van der Waals surface area (Å²) in [7, 11) is 0. The highest BCUT2D eigenvalue weighted by molar-refractivity contribution is 6.03. The number of piperidine rings is 1. The lowest BCUT2D eigenvalue weighted by molar-refractivity contribution is 0.0203. The van der Waals surface area contributed by atoms with Gasteiger partial charge in [-0.15, -0.1) is 10.2 Å². The lowest BCUT2D eigenvalue weighted by Crippen LogP contribution is -2.41. The average Bonchev–Trinajstić information content (AvgIpc) is 2.59. The molecule has 8 nitrogen and oxygen atoms in total. The van der Waals surface area contributed by atoms with E-state index in [0.717, 1.165) is 0 Å². The van der Waals surface area contributed by atoms with Crippen LogP contribution in [0.4, 0.5) is 4.79 Å². The number of para-hydroxylation sites is 1. The lowest BCUT2D eigenvalue weighted by atomic mass is 9.96. The van der Waals surface area contributed by atoms with Crippen LogP contribution in [0, 0.1) is 0 Å². The van der Waals surface area contributed by atoms with E-state index >= 15 is 0 Å². The van der Waals surface area contributed by atoms with Crippen molar-refractivity contribution in [3.63, 3.8) is 0 Å². The van der Waals surface area contributed by atoms with Crippen molar-refractivity contribution in [3.05, 3.63) is 29.6 Å². The summed E-state index contributed by atoms with van der Waals surface area (Å²) in [5.41, 5.74) is 6.26. The fourth-order valence-electron chi connectivity index (χ4n) is 2.99. The molecule has 2 amide bonds. The second kappa shape index (κ2) is 6.86. The number of nitrogens with zero attached hydrogens (tertiary/aromatic N) is 4. The van der Waals surface area contributed by atoms with Crippen LogP contribution in [0.5, 0.6) is 0 Å². The fraction of sp³-hybridized carbons (Fsp3) is 0.500. The average molecular weight is 357 g/mol. The smallest absolute Gasteiger partial charge is 0.410 e. The van der Waals surface area contributed by atoms with E-state index in [1.807, 2.05) is 20.8 Å². The van der Waals surface area contributed by atoms with Crippen LogP contribution < -0.4 is 5.73 Å². The van der Waals surface area contributed by atoms with Crippen LogP contribution in [0.25, 0.3) is 11.0 Å². The van der Waals surface area contributed by atoms with Crippen LogP contribution >= 0.6 is 0 Å². The summed E-state index contributed by atoms with van der Waals surface area (Å²) in [6, 6.07) is 5.09. The Labute approximate surface area is 151 Å². The molecule has 1 aliphatic heterocycles. The maximum Gasteiger partial charge on any atom is 0.410 e. The Morgan fingerprint density at radius 3 is 2.50 bits per heavy atom. The Bertz CT molecular complexity index is 838. The molecular weight excluding hydrogens is 334 g/mol. The molecule has 1 aromatic carbocycles. The van der Waals surface area contributed by atoms with E-state index in [-0.39, 0.29) is 12.0 Å². The molecule has 2 N–H and O–H groups in total. The Hall–Kier alpha value is -2.77. The number of hydrogen-bond acceptors (Lipinski definition) is 6. The van der Waals surface area contributed by atoms with Gasteiger partial charge < -0.3 is 15.4 Å². The molecule has 0 radical (unpaired) electrons. The van der Waals surface area contributed by atoms with Crippen molar-refractivity contribution < 1.29 is 14.3 Å². The molecule has 1 aromatic heterocycles. The summed E-state index contributed by atoms with van der Waals surface area (Å²) in [6.07, 6.45) is 1.13. The molecular formula is C18H23N5O3. The Balaban J connectivity index is 1.74. The first-order chi connectivity index (χ1) is 12.2. The van der Waals surface area contributed by atoms with Gasteiger partial charge in [-0.05, 0) is 45.7 Å². The van der Waals surface area contributed by atoms with E-state index in [2.05, 4.69) is 15.2 Å². The van der Waals surface area contributed by atoms with Crippen molar-refractivity contribution in [1.29, 1.82) is 0 Å². The SMILES string of the molecule is CC(C)(C)OC(=O)N1CCC(c2nnc3cccc(C(N)=O)c3n2)CC1. The third-order valence-corrected chi connectivity index (χ3v) is 4.28. The summed E-state index contributed by atoms with van der Waals surface area (Å²) in [5, 5.41) is 8.39. The summed E-state index contributed by atoms with van der Waals surface area (Å²) < 4.78 is 5.41. The van der Waals surface area contributed by atoms with Crippen LogP contribution in [0.3, 0.4) is 0 Å². The summed E-state index contributed by atoms with van der Waals surface area (Å²) in [4.78, 5) is 30.0. The molecule has 3 rings (SSSR count). The number of carbonyl (C=O) groups is 2. The molecule has 1 saturated heterocycles. The molecule has 1 fully saturated rings. The number of hydrogen-bond donors (Lipinski definition) is 1. The molecule has 0 spiro atoms. The van der Waals surface area contributed by atoms with Crippen molar-refractivity contribution in [2.45, 2.75) is 45.1 Å². The van der Waals surface area contributed by atoms with Gasteiger partial charge in [-0.3, -0.25) is 4.79 Å². The van der Waals surface area contributed by atoms with Crippen molar-refractivity contribution in [2.24, 2.45) is 5.73 Å². The first kappa shape index (κ1) is 18.0. The Morgan fingerprint density at radius 2 is 1.88 bits per heavy atom. The van der Waals surface area contributed by atoms with Crippen LogP contribution in [0.1, 0.15) is 55.7 Å². The van der Waals surface area contributed by atoms with Crippen LogP contribution in [0.2, 0.25) is 0 Å². The van der Waals surface area contributed by atoms with E-state index in [1.54, 1.807) is 23.1 Å². The predicted molar refractivity (Wildman–Crippen MR) is 95.6 cm³/mol. The molecule has 138 valence electrons. The van der Waals surface area contributed by atoms with Gasteiger partial charge in [0.05, 0.1) is 5.56 Å². The molecule has 26 heavy (non-hydrogen) atoms. The Morgan fingerprint density at radius 1 is 1.19 bits per heavy atom. The van der Waals surface area contributed by atoms with Gasteiger partial charge in [-0.2, -0.15) is 0 Å². The Kier molecular flexibility index (Phi) is 4.76. The largest absolute Gasteiger partial charge is 0.444 e. The molecule has 2 aromatic rings. The number of aromatic nitrogens is 3. The minimum Gasteiger partial charge on any atom is -0.444 e. The molecule has 0 unspecified atom stereocenters. The van der Waals surface area contributed by atoms with Crippen molar-refractivity contribution in [1.82, 2.24) is 20.1 Å². The minimum absolute atomic E-state index is 0.0755. The first-order valence-electron chi connectivity index (χ1n) is 8.65. The number of fused-ring (bicyclic) bond motifs is 1. The molecule has 2 heterocycles. The summed E-state index contributed by atoms with van der Waals surface area (Å²) in [5.74, 6) is 0.114. The van der Waals surface area contributed by atoms with Gasteiger partial charge in [0.15, 0.2) is 5.82 Å². The van der Waals surface area contributed by atoms with Gasteiger partial charge in [-0.1, -0.05) is 6.07 Å². The molecule has 8 heteroatoms. The highest BCUT2D eigenvalue weighted by Crippen LogP contribution is 2.27. The maximum absolute atomic E-state index is 12.2. The molecule has 0 saturated carbocycles. The number of amides is 2. The zero-order chi connectivity index (χ0) is 18.9. The molecule has 0 aliphatic carbocycles. The number of primary amides is 1. The topological polar surface area (TPSA) is 111 Å². The zero-order valence-electron chi connectivity index (χ0n) is 15.2. The summed E-state index contributed by atoms with van der Waals surface area (Å²) in [6.45, 7) is 6.69. The summed E-state index contributed by atoms with van der Waals surface area (Å²) >= 11 is 0. The number of rotatable bonds is 2. The predicted octanol–water partition coefficient (Wildman–Crippen LogP) is 2.24. The maximum atomic E-state index is 12.2. The fourth-order valence-corrected chi connectivity index (χ4v) is 2.99. The normalized spacial score (nSPS) is 15.9. The van der Waals surface area contributed by atoms with Gasteiger partial charge in [0.1, 0.15) is 16.6 Å². The minimum atomic E-state index is -0.540. The first-order valence-corrected chi connectivity index (χ1v) is 8.65. The van der Waals surface area contributed by atoms with Crippen LogP contribution in [-0.2, 0) is 4.74 Å². The van der Waals surface area contributed by atoms with Gasteiger partial charge >= 0.3 is 6.09 Å². The van der Waals surface area contributed by atoms with Crippen LogP contribution in [0.15, 0.2) is 18.2 Å². The van der Waals surface area contributed by atoms with E-state index in [1.165, 1.54) is 0 Å². The highest BCUT2D eigenvalue weighted by Gasteiger charge is 2.29. The van der Waals surface area contributed by atoms with Crippen molar-refractivity contribution in [3.8, 4) is 0 Å². The van der Waals surface area contributed by atoms with Crippen molar-refractivity contribution in [2.75, 3.05) is 13.1 Å². The van der Waals surface area contributed by atoms with Gasteiger partial charge in [0.2, 0.25) is 0 Å².